The molecule has 488 valence electrons. The lowest BCUT2D eigenvalue weighted by Crippen LogP contribution is -2.53. The number of hydrogen-bond donors (Lipinski definition) is 5. The van der Waals surface area contributed by atoms with Crippen LogP contribution in [0.2, 0.25) is 0 Å². The van der Waals surface area contributed by atoms with E-state index in [0.717, 1.165) is 57.8 Å². The molecule has 5 N–H and O–H groups in total. The van der Waals surface area contributed by atoms with E-state index in [-0.39, 0.29) is 0 Å². The van der Waals surface area contributed by atoms with Crippen LogP contribution in [0.4, 0.5) is 0 Å². The molecule has 4 atom stereocenters. The molecular formula is C77H145NO5. The molecule has 6 nitrogen and oxygen atoms in total. The molecule has 6 heteroatoms. The molecular weight excluding hydrogens is 1020 g/mol. The zero-order chi connectivity index (χ0) is 60.1. The topological polar surface area (TPSA) is 110 Å². The zero-order valence-corrected chi connectivity index (χ0v) is 55.7. The second kappa shape index (κ2) is 70.8. The summed E-state index contributed by atoms with van der Waals surface area (Å²) in [5.41, 5.74) is 0. The Hall–Kier alpha value is -1.99. The lowest BCUT2D eigenvalue weighted by molar-refractivity contribution is -0.132. The highest BCUT2D eigenvalue weighted by molar-refractivity contribution is 5.80. The van der Waals surface area contributed by atoms with E-state index < -0.39 is 36.9 Å². The summed E-state index contributed by atoms with van der Waals surface area (Å²) in [5, 5.41) is 44.2. The predicted octanol–water partition coefficient (Wildman–Crippen LogP) is 23.4. The van der Waals surface area contributed by atoms with Gasteiger partial charge in [0.15, 0.2) is 0 Å². The van der Waals surface area contributed by atoms with Gasteiger partial charge in [0.25, 0.3) is 0 Å². The van der Waals surface area contributed by atoms with Crippen molar-refractivity contribution < 1.29 is 25.2 Å². The fourth-order valence-electron chi connectivity index (χ4n) is 11.7. The van der Waals surface area contributed by atoms with Gasteiger partial charge in [-0.25, -0.2) is 0 Å². The van der Waals surface area contributed by atoms with E-state index >= 15 is 0 Å². The summed E-state index contributed by atoms with van der Waals surface area (Å²) >= 11 is 0. The summed E-state index contributed by atoms with van der Waals surface area (Å²) in [6.07, 6.45) is 95.1. The standard InChI is InChI=1S/C77H145NO5/c1-3-5-7-9-11-13-15-17-19-21-23-25-27-29-31-33-35-36-37-38-39-41-43-45-47-49-51-53-55-57-59-61-63-65-67-69-71-75(81)77(83)78-73(72-79)76(82)74(80)70-68-66-64-62-60-58-56-54-52-50-48-46-44-42-40-34-32-30-28-26-24-22-20-18-16-14-12-10-8-6-4-2/h31,33,36-37,46,48,54,56,62,64,73-76,79-82H,3-30,32,34-35,38-45,47,49-53,55,57-61,63,65-72H2,1-2H3,(H,78,83)/b33-31-,37-36-,48-46+,56-54+,64-62+. The summed E-state index contributed by atoms with van der Waals surface area (Å²) in [6, 6.07) is -1.02. The second-order valence-corrected chi connectivity index (χ2v) is 25.6. The van der Waals surface area contributed by atoms with Crippen molar-refractivity contribution in [2.24, 2.45) is 0 Å². The van der Waals surface area contributed by atoms with Gasteiger partial charge in [-0.2, -0.15) is 0 Å². The van der Waals surface area contributed by atoms with Crippen LogP contribution in [0.1, 0.15) is 393 Å². The summed E-state index contributed by atoms with van der Waals surface area (Å²) in [7, 11) is 0. The van der Waals surface area contributed by atoms with Gasteiger partial charge in [-0.1, -0.05) is 357 Å². The maximum Gasteiger partial charge on any atom is 0.249 e. The molecule has 0 spiro atoms. The number of amides is 1. The molecule has 83 heavy (non-hydrogen) atoms. The maximum atomic E-state index is 12.7. The first kappa shape index (κ1) is 81.0. The Morgan fingerprint density at radius 1 is 0.301 bits per heavy atom. The van der Waals surface area contributed by atoms with Crippen molar-refractivity contribution in [2.75, 3.05) is 6.61 Å². The lowest BCUT2D eigenvalue weighted by Gasteiger charge is -2.27. The molecule has 0 rings (SSSR count). The predicted molar refractivity (Wildman–Crippen MR) is 366 cm³/mol. The van der Waals surface area contributed by atoms with Crippen LogP contribution >= 0.6 is 0 Å². The number of nitrogens with one attached hydrogen (secondary N) is 1. The van der Waals surface area contributed by atoms with E-state index in [2.05, 4.69) is 79.9 Å². The molecule has 0 fully saturated rings. The Balaban J connectivity index is 3.60. The van der Waals surface area contributed by atoms with Gasteiger partial charge < -0.3 is 25.7 Å². The van der Waals surface area contributed by atoms with Gasteiger partial charge in [-0.05, 0) is 96.3 Å². The Kier molecular flexibility index (Phi) is 69.1. The van der Waals surface area contributed by atoms with Crippen LogP contribution in [0.15, 0.2) is 60.8 Å². The quantitative estimate of drug-likeness (QED) is 0.0308. The highest BCUT2D eigenvalue weighted by atomic mass is 16.3. The molecule has 0 saturated carbocycles. The summed E-state index contributed by atoms with van der Waals surface area (Å²) in [6.45, 7) is 4.09. The minimum absolute atomic E-state index is 0.358. The molecule has 0 aromatic rings. The molecule has 4 unspecified atom stereocenters. The summed E-state index contributed by atoms with van der Waals surface area (Å²) in [4.78, 5) is 12.7. The first-order valence-corrected chi connectivity index (χ1v) is 37.2. The Bertz CT molecular complexity index is 1400. The van der Waals surface area contributed by atoms with Crippen molar-refractivity contribution in [3.63, 3.8) is 0 Å². The van der Waals surface area contributed by atoms with Crippen LogP contribution in [-0.2, 0) is 4.79 Å². The smallest absolute Gasteiger partial charge is 0.249 e. The fraction of sp³-hybridized carbons (Fsp3) is 0.857. The SMILES string of the molecule is CCCCCCCCCCCCCCC/C=C\C/C=C\CCCCCCCCCCCCCCCCCCC(O)C(=O)NC(CO)C(O)C(O)CCC/C=C/CC/C=C/CC/C=C/CCCCCCCCCCCCCCCCCCCC. The van der Waals surface area contributed by atoms with Crippen molar-refractivity contribution in [1.82, 2.24) is 5.32 Å². The van der Waals surface area contributed by atoms with Crippen molar-refractivity contribution in [1.29, 1.82) is 0 Å². The molecule has 0 aliphatic carbocycles. The average molecular weight is 1170 g/mol. The number of allylic oxidation sites excluding steroid dienone is 10. The first-order chi connectivity index (χ1) is 41.0. The van der Waals surface area contributed by atoms with Crippen LogP contribution < -0.4 is 5.32 Å². The van der Waals surface area contributed by atoms with Crippen molar-refractivity contribution >= 4 is 5.91 Å². The molecule has 0 radical (unpaired) electrons. The van der Waals surface area contributed by atoms with Crippen LogP contribution in [0.25, 0.3) is 0 Å². The monoisotopic (exact) mass is 1160 g/mol. The molecule has 0 aromatic carbocycles. The van der Waals surface area contributed by atoms with Crippen LogP contribution in [0, 0.1) is 0 Å². The third kappa shape index (κ3) is 64.3. The molecule has 0 saturated heterocycles. The third-order valence-electron chi connectivity index (χ3n) is 17.4. The van der Waals surface area contributed by atoms with Crippen LogP contribution in [0.5, 0.6) is 0 Å². The van der Waals surface area contributed by atoms with Crippen LogP contribution in [0.3, 0.4) is 0 Å². The van der Waals surface area contributed by atoms with Gasteiger partial charge in [0.1, 0.15) is 12.2 Å². The Labute approximate surface area is 518 Å². The van der Waals surface area contributed by atoms with E-state index in [9.17, 15) is 25.2 Å². The molecule has 0 aliphatic rings. The largest absolute Gasteiger partial charge is 0.394 e. The van der Waals surface area contributed by atoms with E-state index in [1.165, 1.54) is 302 Å². The molecule has 0 aliphatic heterocycles. The summed E-state index contributed by atoms with van der Waals surface area (Å²) in [5.74, 6) is -0.595. The van der Waals surface area contributed by atoms with Gasteiger partial charge in [-0.15, -0.1) is 0 Å². The van der Waals surface area contributed by atoms with E-state index in [0.29, 0.717) is 19.3 Å². The van der Waals surface area contributed by atoms with E-state index in [1.807, 2.05) is 0 Å². The zero-order valence-electron chi connectivity index (χ0n) is 55.7. The normalized spacial score (nSPS) is 13.8. The Morgan fingerprint density at radius 3 is 0.831 bits per heavy atom. The minimum Gasteiger partial charge on any atom is -0.394 e. The Morgan fingerprint density at radius 2 is 0.542 bits per heavy atom. The highest BCUT2D eigenvalue weighted by Crippen LogP contribution is 2.19. The van der Waals surface area contributed by atoms with Crippen molar-refractivity contribution in [3.8, 4) is 0 Å². The second-order valence-electron chi connectivity index (χ2n) is 25.6. The number of carbonyl (C=O) groups excluding carboxylic acids is 1. The van der Waals surface area contributed by atoms with Crippen molar-refractivity contribution in [2.45, 2.75) is 417 Å². The first-order valence-electron chi connectivity index (χ1n) is 37.2. The molecule has 0 aromatic heterocycles. The number of hydrogen-bond acceptors (Lipinski definition) is 5. The van der Waals surface area contributed by atoms with Crippen molar-refractivity contribution in [3.05, 3.63) is 60.8 Å². The number of carbonyl (C=O) groups is 1. The number of aliphatic hydroxyl groups excluding tert-OH is 4. The van der Waals surface area contributed by atoms with Crippen LogP contribution in [-0.4, -0.2) is 57.3 Å². The molecule has 0 heterocycles. The highest BCUT2D eigenvalue weighted by Gasteiger charge is 2.28. The maximum absolute atomic E-state index is 12.7. The van der Waals surface area contributed by atoms with E-state index in [4.69, 9.17) is 0 Å². The van der Waals surface area contributed by atoms with E-state index in [1.54, 1.807) is 0 Å². The molecule has 1 amide bonds. The number of aliphatic hydroxyl groups is 4. The third-order valence-corrected chi connectivity index (χ3v) is 17.4. The summed E-state index contributed by atoms with van der Waals surface area (Å²) < 4.78 is 0. The minimum atomic E-state index is -1.30. The van der Waals surface area contributed by atoms with Gasteiger partial charge in [-0.3, -0.25) is 4.79 Å². The number of rotatable bonds is 69. The fourth-order valence-corrected chi connectivity index (χ4v) is 11.7. The van der Waals surface area contributed by atoms with Gasteiger partial charge in [0, 0.05) is 0 Å². The number of unbranched alkanes of at least 4 members (excludes halogenated alkanes) is 50. The van der Waals surface area contributed by atoms with Gasteiger partial charge >= 0.3 is 0 Å². The lowest BCUT2D eigenvalue weighted by atomic mass is 10.00. The van der Waals surface area contributed by atoms with Gasteiger partial charge in [0.2, 0.25) is 5.91 Å². The molecule has 0 bridgehead atoms. The average Bonchev–Trinajstić information content (AvgIpc) is 3.54. The van der Waals surface area contributed by atoms with Gasteiger partial charge in [0.05, 0.1) is 18.8 Å².